The van der Waals surface area contributed by atoms with E-state index in [0.29, 0.717) is 18.1 Å². The molecule has 0 spiro atoms. The molecule has 9 heteroatoms. The second kappa shape index (κ2) is 6.11. The molecule has 0 radical (unpaired) electrons. The van der Waals surface area contributed by atoms with Gasteiger partial charge in [-0.15, -0.1) is 11.6 Å². The summed E-state index contributed by atoms with van der Waals surface area (Å²) in [5, 5.41) is 9.06. The fourth-order valence-corrected chi connectivity index (χ4v) is 6.68. The van der Waals surface area contributed by atoms with Crippen molar-refractivity contribution in [3.05, 3.63) is 11.6 Å². The summed E-state index contributed by atoms with van der Waals surface area (Å²) in [5.74, 6) is -3.42. The Hall–Kier alpha value is -0.830. The van der Waals surface area contributed by atoms with Crippen LogP contribution < -0.4 is 5.73 Å². The molecule has 0 aromatic carbocycles. The van der Waals surface area contributed by atoms with Crippen LogP contribution in [0.15, 0.2) is 11.6 Å². The Morgan fingerprint density at radius 1 is 1.44 bits per heavy atom. The molecule has 4 rings (SSSR count). The van der Waals surface area contributed by atoms with Gasteiger partial charge in [0.05, 0.1) is 22.5 Å². The zero-order valence-electron chi connectivity index (χ0n) is 13.6. The van der Waals surface area contributed by atoms with E-state index in [-0.39, 0.29) is 12.5 Å². The van der Waals surface area contributed by atoms with E-state index >= 15 is 0 Å². The van der Waals surface area contributed by atoms with Crippen molar-refractivity contribution in [1.29, 1.82) is 0 Å². The van der Waals surface area contributed by atoms with Gasteiger partial charge in [0.25, 0.3) is 0 Å². The number of thioether (sulfide) groups is 1. The van der Waals surface area contributed by atoms with Crippen LogP contribution in [0.25, 0.3) is 0 Å². The van der Waals surface area contributed by atoms with Crippen LogP contribution in [-0.4, -0.2) is 74.8 Å². The number of aliphatic carboxylic acids is 1. The number of hydrogen-bond acceptors (Lipinski definition) is 6. The first-order valence-electron chi connectivity index (χ1n) is 8.49. The number of carbonyl (C=O) groups excluding carboxylic acids is 1. The van der Waals surface area contributed by atoms with E-state index in [1.165, 1.54) is 11.8 Å². The van der Waals surface area contributed by atoms with Gasteiger partial charge in [0.2, 0.25) is 0 Å². The van der Waals surface area contributed by atoms with Gasteiger partial charge in [-0.2, -0.15) is 0 Å². The van der Waals surface area contributed by atoms with Gasteiger partial charge in [0, 0.05) is 25.0 Å². The standard InChI is InChI=1S/C16H21ClFN3O3S/c1-6-21-12-8(14(22)10(16(23)24)15(21)25-6)4-9(18)13(11(12)17)20-3-2-7(19)5-20/h7-13,15H,1-5,19H2,(H,23,24)/t7-,8?,9?,10?,11?,12?,13?,15?/m0/s1. The lowest BCUT2D eigenvalue weighted by Crippen LogP contribution is -2.71. The third-order valence-electron chi connectivity index (χ3n) is 5.96. The molecule has 138 valence electrons. The lowest BCUT2D eigenvalue weighted by molar-refractivity contribution is -0.156. The number of halogens is 2. The Kier molecular flexibility index (Phi) is 4.30. The molecule has 6 nitrogen and oxygen atoms in total. The van der Waals surface area contributed by atoms with Crippen LogP contribution in [0.3, 0.4) is 0 Å². The van der Waals surface area contributed by atoms with Crippen LogP contribution in [0.1, 0.15) is 12.8 Å². The number of nitrogens with two attached hydrogens (primary N) is 1. The monoisotopic (exact) mass is 389 g/mol. The normalized spacial score (nSPS) is 47.2. The van der Waals surface area contributed by atoms with Gasteiger partial charge < -0.3 is 15.7 Å². The van der Waals surface area contributed by atoms with Gasteiger partial charge in [0.1, 0.15) is 17.5 Å². The fourth-order valence-electron chi connectivity index (χ4n) is 4.82. The smallest absolute Gasteiger partial charge is 0.317 e. The minimum Gasteiger partial charge on any atom is -0.481 e. The number of ketones is 1. The number of hydrogen-bond donors (Lipinski definition) is 2. The maximum atomic E-state index is 15.0. The SMILES string of the molecule is C=C1SC2C(C(=O)O)C(=O)C3CC(F)C(N4CC[C@H](N)C4)C(Cl)C3N12. The van der Waals surface area contributed by atoms with E-state index in [4.69, 9.17) is 17.3 Å². The number of rotatable bonds is 2. The first-order chi connectivity index (χ1) is 11.8. The van der Waals surface area contributed by atoms with Crippen molar-refractivity contribution in [2.75, 3.05) is 13.1 Å². The minimum atomic E-state index is -1.27. The van der Waals surface area contributed by atoms with Gasteiger partial charge in [-0.05, 0) is 12.8 Å². The highest BCUT2D eigenvalue weighted by Gasteiger charge is 2.63. The summed E-state index contributed by atoms with van der Waals surface area (Å²) >= 11 is 8.01. The number of nitrogens with zero attached hydrogens (tertiary/aromatic N) is 2. The lowest BCUT2D eigenvalue weighted by Gasteiger charge is -2.60. The van der Waals surface area contributed by atoms with E-state index in [9.17, 15) is 19.1 Å². The van der Waals surface area contributed by atoms with E-state index in [1.807, 2.05) is 9.80 Å². The number of fused-ring (bicyclic) bond motifs is 3. The second-order valence-corrected chi connectivity index (χ2v) is 9.05. The summed E-state index contributed by atoms with van der Waals surface area (Å²) in [4.78, 5) is 28.2. The minimum absolute atomic E-state index is 0.00801. The van der Waals surface area contributed by atoms with Crippen LogP contribution in [0.2, 0.25) is 0 Å². The molecule has 0 aromatic heterocycles. The van der Waals surface area contributed by atoms with E-state index in [1.54, 1.807) is 0 Å². The molecule has 1 aliphatic carbocycles. The van der Waals surface area contributed by atoms with Crippen LogP contribution in [-0.2, 0) is 9.59 Å². The van der Waals surface area contributed by atoms with Gasteiger partial charge in [-0.25, -0.2) is 4.39 Å². The molecule has 4 aliphatic rings. The molecular formula is C16H21ClFN3O3S. The van der Waals surface area contributed by atoms with Crippen molar-refractivity contribution in [3.8, 4) is 0 Å². The fraction of sp³-hybridized carbons (Fsp3) is 0.750. The average Bonchev–Trinajstić information content (AvgIpc) is 2.94. The van der Waals surface area contributed by atoms with Crippen molar-refractivity contribution in [2.45, 2.75) is 47.9 Å². The Morgan fingerprint density at radius 2 is 2.16 bits per heavy atom. The second-order valence-electron chi connectivity index (χ2n) is 7.36. The highest BCUT2D eigenvalue weighted by Crippen LogP contribution is 2.55. The topological polar surface area (TPSA) is 86.9 Å². The molecule has 3 aliphatic heterocycles. The third kappa shape index (κ3) is 2.52. The average molecular weight is 390 g/mol. The van der Waals surface area contributed by atoms with Gasteiger partial charge in [0.15, 0.2) is 5.78 Å². The molecule has 0 bridgehead atoms. The van der Waals surface area contributed by atoms with E-state index in [0.717, 1.165) is 6.42 Å². The molecule has 7 unspecified atom stereocenters. The number of piperidine rings is 1. The maximum absolute atomic E-state index is 15.0. The molecule has 0 amide bonds. The molecular weight excluding hydrogens is 369 g/mol. The molecule has 8 atom stereocenters. The largest absolute Gasteiger partial charge is 0.481 e. The van der Waals surface area contributed by atoms with Gasteiger partial charge in [-0.3, -0.25) is 14.5 Å². The highest BCUT2D eigenvalue weighted by molar-refractivity contribution is 8.05. The summed E-state index contributed by atoms with van der Waals surface area (Å²) in [6, 6.07) is -0.900. The van der Waals surface area contributed by atoms with Gasteiger partial charge in [-0.1, -0.05) is 18.3 Å². The Balaban J connectivity index is 1.65. The summed E-state index contributed by atoms with van der Waals surface area (Å²) in [6.45, 7) is 5.23. The summed E-state index contributed by atoms with van der Waals surface area (Å²) in [5.41, 5.74) is 5.96. The zero-order valence-corrected chi connectivity index (χ0v) is 15.1. The van der Waals surface area contributed by atoms with Crippen molar-refractivity contribution >= 4 is 35.1 Å². The van der Waals surface area contributed by atoms with Crippen LogP contribution in [0, 0.1) is 11.8 Å². The number of carboxylic acids is 1. The van der Waals surface area contributed by atoms with Crippen LogP contribution in [0.5, 0.6) is 0 Å². The molecule has 0 aromatic rings. The number of carboxylic acid groups (broad SMARTS) is 1. The Labute approximate surface area is 154 Å². The first-order valence-corrected chi connectivity index (χ1v) is 9.81. The predicted molar refractivity (Wildman–Crippen MR) is 92.9 cm³/mol. The molecule has 1 saturated carbocycles. The first kappa shape index (κ1) is 17.6. The van der Waals surface area contributed by atoms with Gasteiger partial charge >= 0.3 is 5.97 Å². The predicted octanol–water partition coefficient (Wildman–Crippen LogP) is 0.852. The summed E-state index contributed by atoms with van der Waals surface area (Å²) in [7, 11) is 0. The number of Topliss-reactive ketones (excluding diaryl/α,β-unsaturated/α-hetero) is 1. The third-order valence-corrected chi connectivity index (χ3v) is 7.70. The maximum Gasteiger partial charge on any atom is 0.317 e. The lowest BCUT2D eigenvalue weighted by atomic mass is 9.71. The summed E-state index contributed by atoms with van der Waals surface area (Å²) in [6.07, 6.45) is -0.463. The van der Waals surface area contributed by atoms with Crippen LogP contribution >= 0.6 is 23.4 Å². The number of likely N-dealkylation sites (tertiary alicyclic amines) is 1. The van der Waals surface area contributed by atoms with Crippen molar-refractivity contribution in [3.63, 3.8) is 0 Å². The van der Waals surface area contributed by atoms with E-state index in [2.05, 4.69) is 6.58 Å². The Morgan fingerprint density at radius 3 is 2.72 bits per heavy atom. The molecule has 3 heterocycles. The van der Waals surface area contributed by atoms with Crippen molar-refractivity contribution < 1.29 is 19.1 Å². The van der Waals surface area contributed by atoms with Crippen molar-refractivity contribution in [2.24, 2.45) is 17.6 Å². The Bertz CT molecular complexity index is 638. The molecule has 3 saturated heterocycles. The number of carbonyl (C=O) groups is 2. The summed E-state index contributed by atoms with van der Waals surface area (Å²) < 4.78 is 15.0. The van der Waals surface area contributed by atoms with E-state index < -0.39 is 52.6 Å². The molecule has 3 N–H and O–H groups in total. The zero-order chi connectivity index (χ0) is 18.0. The van der Waals surface area contributed by atoms with Crippen molar-refractivity contribution in [1.82, 2.24) is 9.80 Å². The number of alkyl halides is 2. The van der Waals surface area contributed by atoms with Crippen LogP contribution in [0.4, 0.5) is 4.39 Å². The molecule has 25 heavy (non-hydrogen) atoms. The highest BCUT2D eigenvalue weighted by atomic mass is 35.5. The molecule has 4 fully saturated rings. The quantitative estimate of drug-likeness (QED) is 0.534.